The summed E-state index contributed by atoms with van der Waals surface area (Å²) < 4.78 is 33.3. The molecule has 3 aromatic rings. The highest BCUT2D eigenvalue weighted by Crippen LogP contribution is 2.27. The van der Waals surface area contributed by atoms with Crippen molar-refractivity contribution in [2.24, 2.45) is 0 Å². The lowest BCUT2D eigenvalue weighted by Gasteiger charge is -2.12. The third kappa shape index (κ3) is 4.74. The van der Waals surface area contributed by atoms with Crippen LogP contribution < -0.4 is 9.46 Å². The summed E-state index contributed by atoms with van der Waals surface area (Å²) in [5, 5.41) is 2.84. The molecule has 0 bridgehead atoms. The van der Waals surface area contributed by atoms with E-state index in [1.54, 1.807) is 12.1 Å². The molecule has 0 aliphatic carbocycles. The van der Waals surface area contributed by atoms with E-state index in [-0.39, 0.29) is 11.4 Å². The second-order valence-corrected chi connectivity index (χ2v) is 8.98. The SMILES string of the molecule is COc1cc(C)c(C)cc1S(=O)(=O)NCc1csc(Cc2ccccc2)n1. The van der Waals surface area contributed by atoms with Gasteiger partial charge in [-0.15, -0.1) is 11.3 Å². The van der Waals surface area contributed by atoms with Crippen molar-refractivity contribution < 1.29 is 13.2 Å². The Kier molecular flexibility index (Phi) is 5.94. The molecule has 2 aromatic carbocycles. The molecule has 142 valence electrons. The summed E-state index contributed by atoms with van der Waals surface area (Å²) in [5.41, 5.74) is 3.77. The third-order valence-electron chi connectivity index (χ3n) is 4.31. The molecule has 1 heterocycles. The number of hydrogen-bond donors (Lipinski definition) is 1. The van der Waals surface area contributed by atoms with Gasteiger partial charge in [-0.1, -0.05) is 30.3 Å². The summed E-state index contributed by atoms with van der Waals surface area (Å²) in [5.74, 6) is 0.341. The van der Waals surface area contributed by atoms with Crippen LogP contribution in [0.5, 0.6) is 5.75 Å². The van der Waals surface area contributed by atoms with Crippen LogP contribution >= 0.6 is 11.3 Å². The van der Waals surface area contributed by atoms with Crippen LogP contribution in [0.3, 0.4) is 0 Å². The van der Waals surface area contributed by atoms with Crippen molar-refractivity contribution in [2.75, 3.05) is 7.11 Å². The first-order valence-electron chi connectivity index (χ1n) is 8.51. The van der Waals surface area contributed by atoms with Gasteiger partial charge in [0.2, 0.25) is 10.0 Å². The van der Waals surface area contributed by atoms with E-state index < -0.39 is 10.0 Å². The Bertz CT molecular complexity index is 1030. The van der Waals surface area contributed by atoms with E-state index in [4.69, 9.17) is 4.74 Å². The molecule has 0 saturated carbocycles. The number of hydrogen-bond acceptors (Lipinski definition) is 5. The van der Waals surface area contributed by atoms with E-state index in [9.17, 15) is 8.42 Å². The Balaban J connectivity index is 1.72. The van der Waals surface area contributed by atoms with Crippen LogP contribution in [0.25, 0.3) is 0 Å². The number of aryl methyl sites for hydroxylation is 2. The molecule has 0 aliphatic rings. The second kappa shape index (κ2) is 8.21. The van der Waals surface area contributed by atoms with E-state index in [0.717, 1.165) is 22.6 Å². The molecule has 1 N–H and O–H groups in total. The van der Waals surface area contributed by atoms with Crippen molar-refractivity contribution in [1.29, 1.82) is 0 Å². The molecule has 0 atom stereocenters. The van der Waals surface area contributed by atoms with Gasteiger partial charge in [-0.25, -0.2) is 18.1 Å². The normalized spacial score (nSPS) is 11.5. The Morgan fingerprint density at radius 3 is 2.52 bits per heavy atom. The minimum Gasteiger partial charge on any atom is -0.495 e. The van der Waals surface area contributed by atoms with Crippen LogP contribution in [0.4, 0.5) is 0 Å². The van der Waals surface area contributed by atoms with Crippen molar-refractivity contribution >= 4 is 21.4 Å². The van der Waals surface area contributed by atoms with E-state index >= 15 is 0 Å². The minimum atomic E-state index is -3.70. The van der Waals surface area contributed by atoms with Crippen molar-refractivity contribution in [3.8, 4) is 5.75 Å². The number of benzene rings is 2. The maximum absolute atomic E-state index is 12.7. The molecule has 3 rings (SSSR count). The van der Waals surface area contributed by atoms with Gasteiger partial charge < -0.3 is 4.74 Å². The summed E-state index contributed by atoms with van der Waals surface area (Å²) >= 11 is 1.53. The number of ether oxygens (including phenoxy) is 1. The topological polar surface area (TPSA) is 68.3 Å². The van der Waals surface area contributed by atoms with Gasteiger partial charge in [0.1, 0.15) is 10.6 Å². The van der Waals surface area contributed by atoms with Crippen LogP contribution in [0.2, 0.25) is 0 Å². The van der Waals surface area contributed by atoms with Crippen LogP contribution in [0, 0.1) is 13.8 Å². The summed E-state index contributed by atoms with van der Waals surface area (Å²) in [6.45, 7) is 3.94. The van der Waals surface area contributed by atoms with Crippen molar-refractivity contribution in [3.63, 3.8) is 0 Å². The van der Waals surface area contributed by atoms with Crippen molar-refractivity contribution in [3.05, 3.63) is 75.2 Å². The molecule has 0 spiro atoms. The number of nitrogens with zero attached hydrogens (tertiary/aromatic N) is 1. The standard InChI is InChI=1S/C20H22N2O3S2/c1-14-9-18(25-3)19(10-15(14)2)27(23,24)21-12-17-13-26-20(22-17)11-16-7-5-4-6-8-16/h4-10,13,21H,11-12H2,1-3H3. The zero-order valence-corrected chi connectivity index (χ0v) is 17.2. The molecule has 5 nitrogen and oxygen atoms in total. The van der Waals surface area contributed by atoms with Crippen molar-refractivity contribution in [1.82, 2.24) is 9.71 Å². The van der Waals surface area contributed by atoms with Crippen LogP contribution in [-0.2, 0) is 23.0 Å². The van der Waals surface area contributed by atoms with Crippen LogP contribution in [-0.4, -0.2) is 20.5 Å². The fourth-order valence-electron chi connectivity index (χ4n) is 2.66. The maximum Gasteiger partial charge on any atom is 0.244 e. The molecule has 1 aromatic heterocycles. The Morgan fingerprint density at radius 1 is 1.11 bits per heavy atom. The predicted molar refractivity (Wildman–Crippen MR) is 108 cm³/mol. The van der Waals surface area contributed by atoms with Gasteiger partial charge in [-0.2, -0.15) is 0 Å². The largest absolute Gasteiger partial charge is 0.495 e. The molecule has 27 heavy (non-hydrogen) atoms. The Morgan fingerprint density at radius 2 is 1.81 bits per heavy atom. The molecule has 0 radical (unpaired) electrons. The summed E-state index contributed by atoms with van der Waals surface area (Å²) in [6, 6.07) is 13.4. The second-order valence-electron chi connectivity index (χ2n) is 6.31. The molecule has 0 saturated heterocycles. The van der Waals surface area contributed by atoms with Gasteiger partial charge in [-0.3, -0.25) is 0 Å². The predicted octanol–water partition coefficient (Wildman–Crippen LogP) is 3.84. The lowest BCUT2D eigenvalue weighted by molar-refractivity contribution is 0.401. The lowest BCUT2D eigenvalue weighted by Crippen LogP contribution is -2.24. The van der Waals surface area contributed by atoms with E-state index in [1.165, 1.54) is 24.0 Å². The lowest BCUT2D eigenvalue weighted by atomic mass is 10.1. The van der Waals surface area contributed by atoms with E-state index in [2.05, 4.69) is 21.8 Å². The van der Waals surface area contributed by atoms with Crippen molar-refractivity contribution in [2.45, 2.75) is 31.7 Å². The average Bonchev–Trinajstić information content (AvgIpc) is 3.10. The zero-order valence-electron chi connectivity index (χ0n) is 15.5. The zero-order chi connectivity index (χ0) is 19.4. The molecule has 0 unspecified atom stereocenters. The first-order valence-corrected chi connectivity index (χ1v) is 10.9. The fraction of sp³-hybridized carbons (Fsp3) is 0.250. The van der Waals surface area contributed by atoms with E-state index in [0.29, 0.717) is 11.4 Å². The summed E-state index contributed by atoms with van der Waals surface area (Å²) in [6.07, 6.45) is 0.739. The summed E-state index contributed by atoms with van der Waals surface area (Å²) in [4.78, 5) is 4.68. The first kappa shape index (κ1) is 19.5. The number of nitrogens with one attached hydrogen (secondary N) is 1. The van der Waals surface area contributed by atoms with Crippen LogP contribution in [0.15, 0.2) is 52.7 Å². The molecule has 0 amide bonds. The average molecular weight is 403 g/mol. The van der Waals surface area contributed by atoms with Gasteiger partial charge in [-0.05, 0) is 42.7 Å². The number of methoxy groups -OCH3 is 1. The maximum atomic E-state index is 12.7. The van der Waals surface area contributed by atoms with Gasteiger partial charge >= 0.3 is 0 Å². The monoisotopic (exact) mass is 402 g/mol. The fourth-order valence-corrected chi connectivity index (χ4v) is 4.72. The summed E-state index contributed by atoms with van der Waals surface area (Å²) in [7, 11) is -2.23. The molecular formula is C20H22N2O3S2. The highest BCUT2D eigenvalue weighted by Gasteiger charge is 2.21. The number of thiazole rings is 1. The van der Waals surface area contributed by atoms with E-state index in [1.807, 2.05) is 37.4 Å². The highest BCUT2D eigenvalue weighted by atomic mass is 32.2. The van der Waals surface area contributed by atoms with Gasteiger partial charge in [0.15, 0.2) is 0 Å². The van der Waals surface area contributed by atoms with Gasteiger partial charge in [0.25, 0.3) is 0 Å². The Hall–Kier alpha value is -2.22. The number of aromatic nitrogens is 1. The Labute approximate surface area is 164 Å². The van der Waals surface area contributed by atoms with Gasteiger partial charge in [0, 0.05) is 11.8 Å². The molecular weight excluding hydrogens is 380 g/mol. The minimum absolute atomic E-state index is 0.143. The molecule has 0 aliphatic heterocycles. The molecule has 0 fully saturated rings. The van der Waals surface area contributed by atoms with Crippen LogP contribution in [0.1, 0.15) is 27.4 Å². The first-order chi connectivity index (χ1) is 12.9. The number of sulfonamides is 1. The highest BCUT2D eigenvalue weighted by molar-refractivity contribution is 7.89. The van der Waals surface area contributed by atoms with Gasteiger partial charge in [0.05, 0.1) is 24.4 Å². The quantitative estimate of drug-likeness (QED) is 0.652. The third-order valence-corrected chi connectivity index (χ3v) is 6.63. The smallest absolute Gasteiger partial charge is 0.244 e. The number of rotatable bonds is 7. The molecule has 7 heteroatoms.